The number of methoxy groups -OCH3 is 2. The van der Waals surface area contributed by atoms with E-state index < -0.39 is 23.9 Å². The molecule has 3 atom stereocenters. The topological polar surface area (TPSA) is 117 Å². The lowest BCUT2D eigenvalue weighted by Crippen LogP contribution is -2.44. The largest absolute Gasteiger partial charge is 0.493 e. The smallest absolute Gasteiger partial charge is 0.325 e. The van der Waals surface area contributed by atoms with Gasteiger partial charge in [0, 0.05) is 0 Å². The molecule has 2 rings (SSSR count). The van der Waals surface area contributed by atoms with Crippen LogP contribution < -0.4 is 20.1 Å². The Morgan fingerprint density at radius 3 is 2.55 bits per heavy atom. The van der Waals surface area contributed by atoms with E-state index in [1.807, 2.05) is 13.8 Å². The second kappa shape index (κ2) is 10.1. The first-order chi connectivity index (χ1) is 13.8. The molecule has 3 N–H and O–H groups in total. The van der Waals surface area contributed by atoms with Crippen LogP contribution in [0.15, 0.2) is 18.2 Å². The van der Waals surface area contributed by atoms with Crippen molar-refractivity contribution >= 4 is 17.8 Å². The molecule has 1 aliphatic heterocycles. The first-order valence-electron chi connectivity index (χ1n) is 9.57. The third-order valence-corrected chi connectivity index (χ3v) is 5.16. The molecule has 1 aromatic rings. The van der Waals surface area contributed by atoms with Crippen LogP contribution in [-0.4, -0.2) is 60.8 Å². The number of urea groups is 1. The fourth-order valence-corrected chi connectivity index (χ4v) is 3.13. The third kappa shape index (κ3) is 5.38. The number of rotatable bonds is 10. The van der Waals surface area contributed by atoms with Gasteiger partial charge in [-0.15, -0.1) is 0 Å². The Hall–Kier alpha value is -2.81. The minimum atomic E-state index is -0.932. The minimum absolute atomic E-state index is 0.0509. The summed E-state index contributed by atoms with van der Waals surface area (Å²) in [6.45, 7) is 3.76. The van der Waals surface area contributed by atoms with E-state index in [0.29, 0.717) is 17.1 Å². The molecular weight excluding hydrogens is 378 g/mol. The van der Waals surface area contributed by atoms with Gasteiger partial charge in [0.25, 0.3) is 5.91 Å². The molecule has 1 aromatic carbocycles. The predicted molar refractivity (Wildman–Crippen MR) is 106 cm³/mol. The van der Waals surface area contributed by atoms with Gasteiger partial charge in [0.15, 0.2) is 11.5 Å². The number of carbonyl (C=O) groups excluding carboxylic acids is 3. The van der Waals surface area contributed by atoms with Crippen LogP contribution in [-0.2, 0) is 16.1 Å². The maximum absolute atomic E-state index is 12.6. The van der Waals surface area contributed by atoms with Gasteiger partial charge in [-0.2, -0.15) is 0 Å². The maximum Gasteiger partial charge on any atom is 0.325 e. The van der Waals surface area contributed by atoms with Crippen molar-refractivity contribution in [3.63, 3.8) is 0 Å². The Bertz CT molecular complexity index is 754. The van der Waals surface area contributed by atoms with Crippen molar-refractivity contribution in [2.45, 2.75) is 45.3 Å². The molecule has 1 aliphatic rings. The lowest BCUT2D eigenvalue weighted by molar-refractivity contribution is -0.131. The number of nitrogens with zero attached hydrogens (tertiary/aromatic N) is 1. The number of aliphatic hydroxyl groups excluding tert-OH is 1. The minimum Gasteiger partial charge on any atom is -0.493 e. The van der Waals surface area contributed by atoms with E-state index in [0.717, 1.165) is 11.3 Å². The number of imide groups is 1. The molecule has 29 heavy (non-hydrogen) atoms. The Balaban J connectivity index is 2.01. The number of benzene rings is 1. The van der Waals surface area contributed by atoms with Crippen molar-refractivity contribution in [1.29, 1.82) is 0 Å². The molecule has 9 heteroatoms. The number of amides is 4. The molecule has 0 saturated carbocycles. The fraction of sp³-hybridized carbons (Fsp3) is 0.550. The Labute approximate surface area is 170 Å². The zero-order chi connectivity index (χ0) is 21.6. The lowest BCUT2D eigenvalue weighted by atomic mass is 9.99. The monoisotopic (exact) mass is 407 g/mol. The van der Waals surface area contributed by atoms with Crippen LogP contribution in [0.3, 0.4) is 0 Å². The highest BCUT2D eigenvalue weighted by Gasteiger charge is 2.39. The summed E-state index contributed by atoms with van der Waals surface area (Å²) < 4.78 is 10.4. The number of ether oxygens (including phenoxy) is 2. The summed E-state index contributed by atoms with van der Waals surface area (Å²) in [5.41, 5.74) is 0.688. The van der Waals surface area contributed by atoms with Gasteiger partial charge in [-0.1, -0.05) is 26.3 Å². The first-order valence-corrected chi connectivity index (χ1v) is 9.57. The molecule has 0 bridgehead atoms. The molecule has 0 aromatic heterocycles. The maximum atomic E-state index is 12.6. The van der Waals surface area contributed by atoms with Crippen LogP contribution in [0.1, 0.15) is 32.3 Å². The lowest BCUT2D eigenvalue weighted by Gasteiger charge is -2.22. The van der Waals surface area contributed by atoms with E-state index in [9.17, 15) is 19.5 Å². The van der Waals surface area contributed by atoms with Gasteiger partial charge in [-0.25, -0.2) is 4.79 Å². The summed E-state index contributed by atoms with van der Waals surface area (Å²) >= 11 is 0. The van der Waals surface area contributed by atoms with Crippen LogP contribution in [0.2, 0.25) is 0 Å². The van der Waals surface area contributed by atoms with Crippen molar-refractivity contribution in [2.75, 3.05) is 20.8 Å². The average molecular weight is 407 g/mol. The van der Waals surface area contributed by atoms with E-state index in [4.69, 9.17) is 9.47 Å². The summed E-state index contributed by atoms with van der Waals surface area (Å²) in [5, 5.41) is 14.7. The zero-order valence-electron chi connectivity index (χ0n) is 17.2. The number of hydrogen-bond acceptors (Lipinski definition) is 6. The molecule has 0 aliphatic carbocycles. The second-order valence-electron chi connectivity index (χ2n) is 7.06. The average Bonchev–Trinajstić information content (AvgIpc) is 2.98. The highest BCUT2D eigenvalue weighted by atomic mass is 16.5. The Morgan fingerprint density at radius 2 is 1.97 bits per heavy atom. The van der Waals surface area contributed by atoms with Gasteiger partial charge < -0.3 is 25.2 Å². The first kappa shape index (κ1) is 22.5. The second-order valence-corrected chi connectivity index (χ2v) is 7.06. The Kier molecular flexibility index (Phi) is 7.83. The molecule has 0 spiro atoms. The van der Waals surface area contributed by atoms with E-state index in [1.165, 1.54) is 14.2 Å². The summed E-state index contributed by atoms with van der Waals surface area (Å²) in [6.07, 6.45) is 0.615. The van der Waals surface area contributed by atoms with Gasteiger partial charge in [0.2, 0.25) is 5.91 Å². The van der Waals surface area contributed by atoms with Gasteiger partial charge in [-0.3, -0.25) is 14.5 Å². The van der Waals surface area contributed by atoms with E-state index in [-0.39, 0.29) is 31.5 Å². The molecule has 0 radical (unpaired) electrons. The van der Waals surface area contributed by atoms with Crippen LogP contribution in [0, 0.1) is 5.92 Å². The van der Waals surface area contributed by atoms with Crippen molar-refractivity contribution in [3.05, 3.63) is 23.8 Å². The molecule has 1 heterocycles. The number of nitrogens with one attached hydrogen (secondary N) is 2. The fourth-order valence-electron chi connectivity index (χ4n) is 3.13. The Morgan fingerprint density at radius 1 is 1.28 bits per heavy atom. The molecular formula is C20H29N3O6. The molecule has 4 amide bonds. The SMILES string of the molecule is CC[C@H](C)[C@H](CO)NC(=O)C[C@H]1NC(=O)N(Cc2ccc(OC)c(OC)c2)C1=O. The molecule has 1 saturated heterocycles. The summed E-state index contributed by atoms with van der Waals surface area (Å²) in [7, 11) is 3.02. The van der Waals surface area contributed by atoms with Crippen LogP contribution in [0.4, 0.5) is 4.79 Å². The standard InChI is InChI=1S/C20H29N3O6/c1-5-12(2)15(11-24)21-18(25)9-14-19(26)23(20(27)22-14)10-13-6-7-16(28-3)17(8-13)29-4/h6-8,12,14-15,24H,5,9-11H2,1-4H3,(H,21,25)(H,22,27)/t12-,14+,15-/m0/s1. The van der Waals surface area contributed by atoms with Gasteiger partial charge in [-0.05, 0) is 23.6 Å². The number of aliphatic hydroxyl groups is 1. The predicted octanol–water partition coefficient (Wildman–Crippen LogP) is 1.04. The zero-order valence-corrected chi connectivity index (χ0v) is 17.2. The molecule has 160 valence electrons. The summed E-state index contributed by atoms with van der Waals surface area (Å²) in [4.78, 5) is 38.2. The quantitative estimate of drug-likeness (QED) is 0.499. The van der Waals surface area contributed by atoms with E-state index in [2.05, 4.69) is 10.6 Å². The highest BCUT2D eigenvalue weighted by molar-refractivity contribution is 6.05. The third-order valence-electron chi connectivity index (χ3n) is 5.16. The van der Waals surface area contributed by atoms with Gasteiger partial charge in [0.1, 0.15) is 6.04 Å². The summed E-state index contributed by atoms with van der Waals surface area (Å²) in [5.74, 6) is 0.273. The van der Waals surface area contributed by atoms with E-state index >= 15 is 0 Å². The van der Waals surface area contributed by atoms with Crippen LogP contribution >= 0.6 is 0 Å². The molecule has 0 unspecified atom stereocenters. The van der Waals surface area contributed by atoms with Crippen LogP contribution in [0.5, 0.6) is 11.5 Å². The van der Waals surface area contributed by atoms with Crippen molar-refractivity contribution in [1.82, 2.24) is 15.5 Å². The normalized spacial score (nSPS) is 18.2. The van der Waals surface area contributed by atoms with Crippen molar-refractivity contribution in [2.24, 2.45) is 5.92 Å². The summed E-state index contributed by atoms with van der Waals surface area (Å²) in [6, 6.07) is 3.25. The van der Waals surface area contributed by atoms with Crippen LogP contribution in [0.25, 0.3) is 0 Å². The molecule has 1 fully saturated rings. The highest BCUT2D eigenvalue weighted by Crippen LogP contribution is 2.28. The molecule has 9 nitrogen and oxygen atoms in total. The van der Waals surface area contributed by atoms with Crippen molar-refractivity contribution in [3.8, 4) is 11.5 Å². The van der Waals surface area contributed by atoms with Crippen molar-refractivity contribution < 1.29 is 29.0 Å². The van der Waals surface area contributed by atoms with E-state index in [1.54, 1.807) is 18.2 Å². The number of carbonyl (C=O) groups is 3. The van der Waals surface area contributed by atoms with Gasteiger partial charge >= 0.3 is 6.03 Å². The van der Waals surface area contributed by atoms with Gasteiger partial charge in [0.05, 0.1) is 39.8 Å². The number of hydrogen-bond donors (Lipinski definition) is 3.